The maximum absolute atomic E-state index is 11.7. The van der Waals surface area contributed by atoms with Crippen LogP contribution in [0.25, 0.3) is 10.8 Å². The van der Waals surface area contributed by atoms with Crippen LogP contribution in [0.4, 0.5) is 11.4 Å². The number of nitrogens with two attached hydrogens (primary N) is 1. The third-order valence-electron chi connectivity index (χ3n) is 3.66. The first-order valence-electron chi connectivity index (χ1n) is 6.21. The van der Waals surface area contributed by atoms with Crippen LogP contribution in [0.5, 0.6) is 0 Å². The second-order valence-corrected chi connectivity index (χ2v) is 5.14. The monoisotopic (exact) mass is 457 g/mol. The molecule has 3 rings (SSSR count). The summed E-state index contributed by atoms with van der Waals surface area (Å²) in [6, 6.07) is 11.1. The molecule has 0 bridgehead atoms. The first-order valence-corrected chi connectivity index (χ1v) is 6.74. The molecule has 0 saturated heterocycles. The minimum absolute atomic E-state index is 0. The van der Waals surface area contributed by atoms with E-state index in [9.17, 15) is 4.79 Å². The zero-order valence-corrected chi connectivity index (χ0v) is 14.7. The van der Waals surface area contributed by atoms with Crippen molar-refractivity contribution < 1.29 is 25.9 Å². The van der Waals surface area contributed by atoms with Crippen LogP contribution in [0, 0.1) is 6.07 Å². The molecule has 1 unspecified atom stereocenters. The van der Waals surface area contributed by atoms with Crippen LogP contribution in [0.15, 0.2) is 24.3 Å². The Morgan fingerprint density at radius 1 is 1.45 bits per heavy atom. The van der Waals surface area contributed by atoms with E-state index >= 15 is 0 Å². The summed E-state index contributed by atoms with van der Waals surface area (Å²) in [5.74, 6) is 0.626. The SMILES string of the molecule is CC(=O)N1CC(CCl)c2c1[c-]c(N)c1ccccc21.[W]. The fraction of sp³-hybridized carbons (Fsp3) is 0.267. The average molecular weight is 458 g/mol. The van der Waals surface area contributed by atoms with Crippen molar-refractivity contribution in [2.45, 2.75) is 12.8 Å². The van der Waals surface area contributed by atoms with Crippen LogP contribution < -0.4 is 10.6 Å². The molecule has 20 heavy (non-hydrogen) atoms. The van der Waals surface area contributed by atoms with E-state index in [0.717, 1.165) is 22.0 Å². The predicted octanol–water partition coefficient (Wildman–Crippen LogP) is 2.91. The Labute approximate surface area is 137 Å². The van der Waals surface area contributed by atoms with Gasteiger partial charge < -0.3 is 10.6 Å². The standard InChI is InChI=1S/C15H14ClN2O.W/c1-9(19)18-8-10(7-16)15-12-5-3-2-4-11(12)13(17)6-14(15)18;/h2-5,10H,7-8,17H2,1H3;/q-1;. The molecule has 1 aliphatic heterocycles. The number of alkyl halides is 1. The number of carbonyl (C=O) groups is 1. The van der Waals surface area contributed by atoms with E-state index in [-0.39, 0.29) is 32.9 Å². The first-order chi connectivity index (χ1) is 9.13. The molecule has 1 atom stereocenters. The summed E-state index contributed by atoms with van der Waals surface area (Å²) in [6.45, 7) is 2.16. The molecular formula is C15H14ClN2OW-. The van der Waals surface area contributed by atoms with Crippen molar-refractivity contribution >= 4 is 39.7 Å². The fourth-order valence-corrected chi connectivity index (χ4v) is 3.04. The van der Waals surface area contributed by atoms with Gasteiger partial charge in [-0.1, -0.05) is 29.6 Å². The molecule has 1 heterocycles. The molecule has 0 radical (unpaired) electrons. The molecular weight excluding hydrogens is 443 g/mol. The van der Waals surface area contributed by atoms with Crippen LogP contribution in [-0.2, 0) is 25.9 Å². The predicted molar refractivity (Wildman–Crippen MR) is 78.7 cm³/mol. The van der Waals surface area contributed by atoms with E-state index in [1.54, 1.807) is 11.8 Å². The van der Waals surface area contributed by atoms with Crippen LogP contribution in [0.2, 0.25) is 0 Å². The second kappa shape index (κ2) is 5.75. The third kappa shape index (κ3) is 2.23. The summed E-state index contributed by atoms with van der Waals surface area (Å²) in [7, 11) is 0. The number of hydrogen-bond donors (Lipinski definition) is 1. The molecule has 5 heteroatoms. The van der Waals surface area contributed by atoms with E-state index < -0.39 is 0 Å². The quantitative estimate of drug-likeness (QED) is 0.407. The van der Waals surface area contributed by atoms with Crippen LogP contribution in [-0.4, -0.2) is 18.3 Å². The number of nitrogen functional groups attached to an aromatic ring is 1. The van der Waals surface area contributed by atoms with Crippen LogP contribution >= 0.6 is 11.6 Å². The summed E-state index contributed by atoms with van der Waals surface area (Å²) in [5.41, 5.74) is 8.51. The zero-order chi connectivity index (χ0) is 13.6. The summed E-state index contributed by atoms with van der Waals surface area (Å²) in [6.07, 6.45) is 0. The molecule has 1 amide bonds. The van der Waals surface area contributed by atoms with Gasteiger partial charge >= 0.3 is 0 Å². The van der Waals surface area contributed by atoms with Gasteiger partial charge in [0.2, 0.25) is 5.91 Å². The molecule has 1 aliphatic rings. The van der Waals surface area contributed by atoms with Gasteiger partial charge in [-0.2, -0.15) is 0 Å². The van der Waals surface area contributed by atoms with Crippen molar-refractivity contribution in [2.75, 3.05) is 23.1 Å². The Kier molecular flexibility index (Phi) is 4.41. The largest absolute Gasteiger partial charge is 0.419 e. The number of carbonyl (C=O) groups excluding carboxylic acids is 1. The van der Waals surface area contributed by atoms with E-state index in [0.29, 0.717) is 18.1 Å². The van der Waals surface area contributed by atoms with Crippen molar-refractivity contribution in [1.29, 1.82) is 0 Å². The molecule has 2 N–H and O–H groups in total. The Balaban J connectivity index is 0.00000147. The molecule has 2 aromatic carbocycles. The summed E-state index contributed by atoms with van der Waals surface area (Å²) in [5, 5.41) is 2.05. The average Bonchev–Trinajstić information content (AvgIpc) is 2.78. The van der Waals surface area contributed by atoms with E-state index in [1.165, 1.54) is 0 Å². The van der Waals surface area contributed by atoms with Crippen molar-refractivity contribution in [3.63, 3.8) is 0 Å². The van der Waals surface area contributed by atoms with Crippen molar-refractivity contribution in [2.24, 2.45) is 0 Å². The number of hydrogen-bond acceptors (Lipinski definition) is 2. The van der Waals surface area contributed by atoms with Gasteiger partial charge in [-0.05, 0) is 5.92 Å². The summed E-state index contributed by atoms with van der Waals surface area (Å²) in [4.78, 5) is 13.5. The van der Waals surface area contributed by atoms with E-state index in [4.69, 9.17) is 17.3 Å². The Bertz CT molecular complexity index is 674. The van der Waals surface area contributed by atoms with Gasteiger partial charge in [-0.25, -0.2) is 0 Å². The minimum atomic E-state index is -0.000187. The molecule has 0 aliphatic carbocycles. The number of nitrogens with zero attached hydrogens (tertiary/aromatic N) is 1. The van der Waals surface area contributed by atoms with Crippen molar-refractivity contribution in [1.82, 2.24) is 0 Å². The molecule has 3 nitrogen and oxygen atoms in total. The van der Waals surface area contributed by atoms with Crippen molar-refractivity contribution in [3.05, 3.63) is 35.9 Å². The first kappa shape index (κ1) is 15.3. The van der Waals surface area contributed by atoms with Gasteiger partial charge in [0.1, 0.15) is 0 Å². The van der Waals surface area contributed by atoms with Gasteiger partial charge in [0, 0.05) is 40.4 Å². The molecule has 2 aromatic rings. The Hall–Kier alpha value is -1.05. The van der Waals surface area contributed by atoms with E-state index in [1.807, 2.05) is 24.3 Å². The van der Waals surface area contributed by atoms with Gasteiger partial charge in [0.25, 0.3) is 0 Å². The number of rotatable bonds is 1. The maximum atomic E-state index is 11.7. The molecule has 0 saturated carbocycles. The summed E-state index contributed by atoms with van der Waals surface area (Å²) < 4.78 is 0. The maximum Gasteiger partial charge on any atom is 0.222 e. The van der Waals surface area contributed by atoms with Gasteiger partial charge in [-0.3, -0.25) is 4.79 Å². The number of fused-ring (bicyclic) bond motifs is 3. The molecule has 0 fully saturated rings. The topological polar surface area (TPSA) is 46.3 Å². The van der Waals surface area contributed by atoms with Gasteiger partial charge in [0.05, 0.1) is 0 Å². The summed E-state index contributed by atoms with van der Waals surface area (Å²) >= 11 is 6.06. The van der Waals surface area contributed by atoms with Gasteiger partial charge in [-0.15, -0.1) is 40.1 Å². The van der Waals surface area contributed by atoms with E-state index in [2.05, 4.69) is 6.07 Å². The molecule has 104 valence electrons. The minimum Gasteiger partial charge on any atom is -0.419 e. The normalized spacial score (nSPS) is 16.9. The number of benzene rings is 2. The molecule has 0 aromatic heterocycles. The van der Waals surface area contributed by atoms with Crippen LogP contribution in [0.3, 0.4) is 0 Å². The molecule has 0 spiro atoms. The third-order valence-corrected chi connectivity index (χ3v) is 4.04. The second-order valence-electron chi connectivity index (χ2n) is 4.83. The zero-order valence-electron chi connectivity index (χ0n) is 11.0. The van der Waals surface area contributed by atoms with Crippen molar-refractivity contribution in [3.8, 4) is 0 Å². The number of halogens is 1. The number of amides is 1. The number of anilines is 2. The smallest absolute Gasteiger partial charge is 0.222 e. The Morgan fingerprint density at radius 2 is 2.10 bits per heavy atom. The fourth-order valence-electron chi connectivity index (χ4n) is 2.78. The van der Waals surface area contributed by atoms with Crippen LogP contribution in [0.1, 0.15) is 18.4 Å². The van der Waals surface area contributed by atoms with Gasteiger partial charge in [0.15, 0.2) is 0 Å². The Morgan fingerprint density at radius 3 is 2.70 bits per heavy atom.